The Balaban J connectivity index is 1.58. The number of hydrogen-bond acceptors (Lipinski definition) is 6. The van der Waals surface area contributed by atoms with Crippen molar-refractivity contribution in [2.45, 2.75) is 22.7 Å². The van der Waals surface area contributed by atoms with E-state index >= 15 is 0 Å². The number of quaternary nitrogens is 1. The van der Waals surface area contributed by atoms with E-state index in [4.69, 9.17) is 9.94 Å². The van der Waals surface area contributed by atoms with E-state index in [0.717, 1.165) is 4.90 Å². The smallest absolute Gasteiger partial charge is 0.310 e. The van der Waals surface area contributed by atoms with Crippen LogP contribution in [0.3, 0.4) is 0 Å². The molecule has 23 heavy (non-hydrogen) atoms. The highest BCUT2D eigenvalue weighted by Gasteiger charge is 2.68. The molecule has 1 unspecified atom stereocenters. The number of ether oxygens (including phenoxy) is 1. The molecule has 7 nitrogen and oxygen atoms in total. The fraction of sp³-hybridized carbons (Fsp3) is 0.467. The standard InChI is InChI=1S/C15H15NO6S/c17-14(18)10-9-5-8-11(10)15(19)22-12(8)13(9)23-7-3-1-6(2-4-7)16(20)21/h1-4,8-13,16,20H,5H2,(H,17,18)/t8-,9+,10-,11+,12+,13-/m0/s1. The van der Waals surface area contributed by atoms with Gasteiger partial charge in [-0.3, -0.25) is 9.59 Å². The van der Waals surface area contributed by atoms with Gasteiger partial charge in [-0.2, -0.15) is 5.23 Å². The van der Waals surface area contributed by atoms with E-state index in [0.29, 0.717) is 6.42 Å². The molecule has 122 valence electrons. The van der Waals surface area contributed by atoms with Crippen LogP contribution in [0.25, 0.3) is 0 Å². The summed E-state index contributed by atoms with van der Waals surface area (Å²) in [7, 11) is 0. The number of nitrogens with one attached hydrogen (secondary N) is 1. The number of carbonyl (C=O) groups excluding carboxylic acids is 1. The van der Waals surface area contributed by atoms with Crippen LogP contribution in [0.5, 0.6) is 0 Å². The molecule has 3 fully saturated rings. The number of benzene rings is 1. The summed E-state index contributed by atoms with van der Waals surface area (Å²) in [6.07, 6.45) is 0.486. The van der Waals surface area contributed by atoms with Gasteiger partial charge in [0.1, 0.15) is 6.10 Å². The minimum absolute atomic E-state index is 0.00407. The lowest BCUT2D eigenvalue weighted by molar-refractivity contribution is -0.991. The summed E-state index contributed by atoms with van der Waals surface area (Å²) in [6.45, 7) is 0. The lowest BCUT2D eigenvalue weighted by Gasteiger charge is -2.29. The van der Waals surface area contributed by atoms with E-state index in [9.17, 15) is 19.9 Å². The van der Waals surface area contributed by atoms with Crippen LogP contribution in [0, 0.1) is 28.9 Å². The molecule has 1 aliphatic heterocycles. The van der Waals surface area contributed by atoms with Gasteiger partial charge < -0.3 is 15.1 Å². The fourth-order valence-electron chi connectivity index (χ4n) is 4.32. The molecule has 7 atom stereocenters. The largest absolute Gasteiger partial charge is 0.595 e. The molecule has 1 aromatic carbocycles. The Bertz CT molecular complexity index is 662. The molecule has 2 aliphatic carbocycles. The number of aliphatic carboxylic acids is 1. The van der Waals surface area contributed by atoms with Crippen molar-refractivity contribution in [3.63, 3.8) is 0 Å². The zero-order valence-corrected chi connectivity index (χ0v) is 12.7. The SMILES string of the molecule is O=C1O[C@@H]2[C@H]3C[C@@H]([C@@H]2Sc2ccc([NH+]([O-])O)cc2)[C@H](C(=O)O)[C@H]13. The Hall–Kier alpha value is -1.61. The van der Waals surface area contributed by atoms with Crippen molar-refractivity contribution in [1.29, 1.82) is 0 Å². The first-order valence-corrected chi connectivity index (χ1v) is 8.28. The summed E-state index contributed by atoms with van der Waals surface area (Å²) in [5.74, 6) is -2.53. The van der Waals surface area contributed by atoms with Crippen molar-refractivity contribution in [1.82, 2.24) is 0 Å². The number of hydrogen-bond donors (Lipinski definition) is 3. The molecule has 3 aliphatic rings. The number of esters is 1. The van der Waals surface area contributed by atoms with Gasteiger partial charge in [0.05, 0.1) is 17.1 Å². The summed E-state index contributed by atoms with van der Waals surface area (Å²) >= 11 is 1.48. The maximum Gasteiger partial charge on any atom is 0.310 e. The Kier molecular flexibility index (Phi) is 3.38. The summed E-state index contributed by atoms with van der Waals surface area (Å²) in [6, 6.07) is 6.47. The lowest BCUT2D eigenvalue weighted by atomic mass is 9.80. The van der Waals surface area contributed by atoms with Crippen molar-refractivity contribution in [2.24, 2.45) is 23.7 Å². The second-order valence-electron chi connectivity index (χ2n) is 6.27. The number of carboxylic acids is 1. The average molecular weight is 337 g/mol. The zero-order valence-electron chi connectivity index (χ0n) is 11.9. The van der Waals surface area contributed by atoms with Crippen LogP contribution < -0.4 is 5.23 Å². The Morgan fingerprint density at radius 2 is 2.00 bits per heavy atom. The van der Waals surface area contributed by atoms with E-state index in [1.165, 1.54) is 23.9 Å². The van der Waals surface area contributed by atoms with Gasteiger partial charge in [0.25, 0.3) is 0 Å². The number of carbonyl (C=O) groups is 2. The van der Waals surface area contributed by atoms with Gasteiger partial charge in [-0.15, -0.1) is 11.8 Å². The normalized spacial score (nSPS) is 38.6. The molecule has 0 spiro atoms. The molecule has 1 saturated heterocycles. The summed E-state index contributed by atoms with van der Waals surface area (Å²) in [5, 5.41) is 28.2. The molecule has 1 aromatic rings. The molecule has 2 bridgehead atoms. The molecule has 3 N–H and O–H groups in total. The topological polar surface area (TPSA) is 111 Å². The first-order chi connectivity index (χ1) is 11.0. The van der Waals surface area contributed by atoms with Gasteiger partial charge in [-0.25, -0.2) is 5.21 Å². The highest BCUT2D eigenvalue weighted by atomic mass is 32.2. The van der Waals surface area contributed by atoms with Crippen LogP contribution >= 0.6 is 11.8 Å². The van der Waals surface area contributed by atoms with Crippen LogP contribution in [0.1, 0.15) is 6.42 Å². The van der Waals surface area contributed by atoms with Gasteiger partial charge in [0.15, 0.2) is 5.69 Å². The van der Waals surface area contributed by atoms with Crippen molar-refractivity contribution < 1.29 is 29.9 Å². The molecule has 0 aromatic heterocycles. The molecular formula is C15H15NO6S. The van der Waals surface area contributed by atoms with Gasteiger partial charge >= 0.3 is 11.9 Å². The minimum Gasteiger partial charge on any atom is -0.595 e. The summed E-state index contributed by atoms with van der Waals surface area (Å²) in [4.78, 5) is 24.4. The maximum atomic E-state index is 12.0. The van der Waals surface area contributed by atoms with Gasteiger partial charge in [-0.1, -0.05) is 0 Å². The number of fused-ring (bicyclic) bond motifs is 1. The molecule has 4 rings (SSSR count). The average Bonchev–Trinajstić information content (AvgIpc) is 3.11. The highest BCUT2D eigenvalue weighted by molar-refractivity contribution is 8.00. The van der Waals surface area contributed by atoms with E-state index in [-0.39, 0.29) is 34.8 Å². The Morgan fingerprint density at radius 3 is 2.61 bits per heavy atom. The first kappa shape index (κ1) is 14.9. The van der Waals surface area contributed by atoms with Crippen LogP contribution in [0.4, 0.5) is 5.69 Å². The van der Waals surface area contributed by atoms with Crippen molar-refractivity contribution in [3.8, 4) is 0 Å². The summed E-state index contributed by atoms with van der Waals surface area (Å²) < 4.78 is 5.45. The third-order valence-electron chi connectivity index (χ3n) is 5.20. The quantitative estimate of drug-likeness (QED) is 0.540. The zero-order chi connectivity index (χ0) is 16.3. The van der Waals surface area contributed by atoms with Crippen LogP contribution in [-0.2, 0) is 14.3 Å². The molecule has 0 amide bonds. The second-order valence-corrected chi connectivity index (χ2v) is 7.52. The number of rotatable bonds is 4. The van der Waals surface area contributed by atoms with E-state index in [1.807, 2.05) is 0 Å². The van der Waals surface area contributed by atoms with Crippen molar-refractivity contribution in [2.75, 3.05) is 0 Å². The number of thioether (sulfide) groups is 1. The third kappa shape index (κ3) is 2.17. The van der Waals surface area contributed by atoms with Crippen molar-refractivity contribution in [3.05, 3.63) is 29.5 Å². The van der Waals surface area contributed by atoms with Gasteiger partial charge in [0.2, 0.25) is 0 Å². The molecule has 8 heteroatoms. The Morgan fingerprint density at radius 1 is 1.30 bits per heavy atom. The monoisotopic (exact) mass is 337 g/mol. The number of carboxylic acid groups (broad SMARTS) is 1. The fourth-order valence-corrected chi connectivity index (χ4v) is 5.77. The molecule has 0 radical (unpaired) electrons. The van der Waals surface area contributed by atoms with Crippen LogP contribution in [0.2, 0.25) is 0 Å². The van der Waals surface area contributed by atoms with Crippen LogP contribution in [-0.4, -0.2) is 33.6 Å². The predicted molar refractivity (Wildman–Crippen MR) is 78.0 cm³/mol. The molecule has 2 saturated carbocycles. The minimum atomic E-state index is -0.986. The lowest BCUT2D eigenvalue weighted by Crippen LogP contribution is -2.99. The molecule has 1 heterocycles. The van der Waals surface area contributed by atoms with Crippen LogP contribution in [0.15, 0.2) is 29.2 Å². The Labute approximate surface area is 135 Å². The highest BCUT2D eigenvalue weighted by Crippen LogP contribution is 2.61. The van der Waals surface area contributed by atoms with Gasteiger partial charge in [-0.05, 0) is 24.5 Å². The van der Waals surface area contributed by atoms with E-state index < -0.39 is 23.0 Å². The van der Waals surface area contributed by atoms with Crippen molar-refractivity contribution >= 4 is 29.4 Å². The van der Waals surface area contributed by atoms with E-state index in [1.54, 1.807) is 12.1 Å². The summed E-state index contributed by atoms with van der Waals surface area (Å²) in [5.41, 5.74) is 0.207. The second kappa shape index (κ2) is 5.20. The maximum absolute atomic E-state index is 12.0. The van der Waals surface area contributed by atoms with E-state index in [2.05, 4.69) is 0 Å². The first-order valence-electron chi connectivity index (χ1n) is 7.40. The predicted octanol–water partition coefficient (Wildman–Crippen LogP) is 0.443. The van der Waals surface area contributed by atoms with Gasteiger partial charge in [0, 0.05) is 22.9 Å². The molecular weight excluding hydrogens is 322 g/mol. The third-order valence-corrected chi connectivity index (χ3v) is 6.64.